The minimum Gasteiger partial charge on any atom is -0.481 e. The molecule has 0 radical (unpaired) electrons. The average Bonchev–Trinajstić information content (AvgIpc) is 2.69. The minimum atomic E-state index is -0.494. The van der Waals surface area contributed by atoms with Gasteiger partial charge in [0.15, 0.2) is 6.10 Å². The number of thioether (sulfide) groups is 1. The van der Waals surface area contributed by atoms with Crippen molar-refractivity contribution in [2.75, 3.05) is 12.3 Å². The molecule has 3 nitrogen and oxygen atoms in total. The number of hydrogen-bond acceptors (Lipinski definition) is 3. The maximum atomic E-state index is 12.3. The first kappa shape index (κ1) is 20.1. The van der Waals surface area contributed by atoms with Crippen LogP contribution < -0.4 is 10.1 Å². The molecule has 0 fully saturated rings. The molecular weight excluding hydrogens is 378 g/mol. The van der Waals surface area contributed by atoms with E-state index in [9.17, 15) is 4.79 Å². The fourth-order valence-corrected chi connectivity index (χ4v) is 4.43. The first-order valence-corrected chi connectivity index (χ1v) is 11.0. The topological polar surface area (TPSA) is 38.3 Å². The largest absolute Gasteiger partial charge is 0.481 e. The summed E-state index contributed by atoms with van der Waals surface area (Å²) in [6.07, 6.45) is 4.08. The van der Waals surface area contributed by atoms with Crippen LogP contribution in [0.5, 0.6) is 5.75 Å². The smallest absolute Gasteiger partial charge is 0.260 e. The van der Waals surface area contributed by atoms with Crippen molar-refractivity contribution >= 4 is 29.3 Å². The highest BCUT2D eigenvalue weighted by Crippen LogP contribution is 2.30. The number of benzene rings is 2. The van der Waals surface area contributed by atoms with Crippen molar-refractivity contribution in [2.24, 2.45) is 0 Å². The van der Waals surface area contributed by atoms with Crippen molar-refractivity contribution in [1.82, 2.24) is 5.32 Å². The number of fused-ring (bicyclic) bond motifs is 1. The van der Waals surface area contributed by atoms with Crippen molar-refractivity contribution < 1.29 is 9.53 Å². The normalized spacial score (nSPS) is 14.3. The number of carbonyl (C=O) groups is 1. The molecule has 27 heavy (non-hydrogen) atoms. The number of halogens is 1. The van der Waals surface area contributed by atoms with Crippen LogP contribution in [0.1, 0.15) is 36.5 Å². The number of ether oxygens (including phenoxy) is 1. The second kappa shape index (κ2) is 10.0. The van der Waals surface area contributed by atoms with E-state index in [4.69, 9.17) is 16.3 Å². The number of hydrogen-bond donors (Lipinski definition) is 1. The summed E-state index contributed by atoms with van der Waals surface area (Å²) in [5.41, 5.74) is 3.77. The van der Waals surface area contributed by atoms with E-state index in [1.165, 1.54) is 24.0 Å². The van der Waals surface area contributed by atoms with Gasteiger partial charge in [-0.1, -0.05) is 41.9 Å². The first-order valence-electron chi connectivity index (χ1n) is 9.51. The molecule has 0 aliphatic heterocycles. The summed E-state index contributed by atoms with van der Waals surface area (Å²) < 4.78 is 5.98. The third-order valence-electron chi connectivity index (χ3n) is 4.79. The zero-order chi connectivity index (χ0) is 19.1. The van der Waals surface area contributed by atoms with Crippen molar-refractivity contribution in [3.63, 3.8) is 0 Å². The Hall–Kier alpha value is -1.65. The Morgan fingerprint density at radius 2 is 2.00 bits per heavy atom. The van der Waals surface area contributed by atoms with Crippen molar-refractivity contribution in [1.29, 1.82) is 0 Å². The lowest BCUT2D eigenvalue weighted by Crippen LogP contribution is -2.37. The van der Waals surface area contributed by atoms with Gasteiger partial charge in [0.05, 0.1) is 0 Å². The molecule has 0 bridgehead atoms. The Bertz CT molecular complexity index is 781. The van der Waals surface area contributed by atoms with Gasteiger partial charge in [-0.3, -0.25) is 4.79 Å². The molecular formula is C22H26ClNO2S. The average molecular weight is 404 g/mol. The summed E-state index contributed by atoms with van der Waals surface area (Å²) in [7, 11) is 0. The Labute approximate surface area is 170 Å². The van der Waals surface area contributed by atoms with Crippen LogP contribution in [-0.2, 0) is 23.4 Å². The van der Waals surface area contributed by atoms with Crippen molar-refractivity contribution in [2.45, 2.75) is 44.5 Å². The van der Waals surface area contributed by atoms with E-state index in [1.54, 1.807) is 11.8 Å². The highest BCUT2D eigenvalue weighted by molar-refractivity contribution is 7.98. The predicted octanol–water partition coefficient (Wildman–Crippen LogP) is 5.04. The van der Waals surface area contributed by atoms with E-state index in [1.807, 2.05) is 43.3 Å². The zero-order valence-corrected chi connectivity index (χ0v) is 17.2. The highest BCUT2D eigenvalue weighted by atomic mass is 35.5. The minimum absolute atomic E-state index is 0.0678. The molecule has 0 spiro atoms. The molecule has 2 aromatic carbocycles. The Morgan fingerprint density at radius 1 is 1.19 bits per heavy atom. The Morgan fingerprint density at radius 3 is 2.85 bits per heavy atom. The number of rotatable bonds is 8. The Kier molecular flexibility index (Phi) is 7.48. The number of amides is 1. The van der Waals surface area contributed by atoms with Crippen LogP contribution in [0.15, 0.2) is 42.5 Å². The van der Waals surface area contributed by atoms with Gasteiger partial charge in [0.25, 0.3) is 5.91 Å². The lowest BCUT2D eigenvalue weighted by molar-refractivity contribution is -0.127. The standard InChI is InChI=1S/C22H26ClNO2S/c1-16(26-21-12-6-9-17-7-2-4-10-19(17)21)22(25)24-13-14-27-15-18-8-3-5-11-20(18)23/h3,5-6,8-9,11-12,16H,2,4,7,10,13-15H2,1H3,(H,24,25)/t16-/m0/s1. The molecule has 0 heterocycles. The predicted molar refractivity (Wildman–Crippen MR) is 114 cm³/mol. The van der Waals surface area contributed by atoms with E-state index in [2.05, 4.69) is 11.4 Å². The molecule has 1 amide bonds. The quantitative estimate of drug-likeness (QED) is 0.628. The van der Waals surface area contributed by atoms with Crippen LogP contribution in [0.3, 0.4) is 0 Å². The summed E-state index contributed by atoms with van der Waals surface area (Å²) >= 11 is 7.91. The summed E-state index contributed by atoms with van der Waals surface area (Å²) in [6.45, 7) is 2.43. The second-order valence-corrected chi connectivity index (χ2v) is 8.31. The van der Waals surface area contributed by atoms with E-state index < -0.39 is 6.10 Å². The van der Waals surface area contributed by atoms with Gasteiger partial charge in [0.2, 0.25) is 0 Å². The van der Waals surface area contributed by atoms with Gasteiger partial charge in [-0.15, -0.1) is 0 Å². The van der Waals surface area contributed by atoms with Crippen LogP contribution in [0.25, 0.3) is 0 Å². The molecule has 3 rings (SSSR count). The van der Waals surface area contributed by atoms with Gasteiger partial charge in [-0.25, -0.2) is 0 Å². The van der Waals surface area contributed by atoms with Gasteiger partial charge >= 0.3 is 0 Å². The van der Waals surface area contributed by atoms with Gasteiger partial charge in [0.1, 0.15) is 5.75 Å². The van der Waals surface area contributed by atoms with Crippen LogP contribution >= 0.6 is 23.4 Å². The molecule has 1 N–H and O–H groups in total. The molecule has 0 unspecified atom stereocenters. The molecule has 0 saturated carbocycles. The van der Waals surface area contributed by atoms with E-state index in [0.29, 0.717) is 6.54 Å². The maximum Gasteiger partial charge on any atom is 0.260 e. The van der Waals surface area contributed by atoms with E-state index >= 15 is 0 Å². The molecule has 0 aromatic heterocycles. The highest BCUT2D eigenvalue weighted by Gasteiger charge is 2.19. The zero-order valence-electron chi connectivity index (χ0n) is 15.7. The molecule has 0 saturated heterocycles. The third kappa shape index (κ3) is 5.66. The molecule has 144 valence electrons. The van der Waals surface area contributed by atoms with Crippen LogP contribution in [0.4, 0.5) is 0 Å². The van der Waals surface area contributed by atoms with Crippen LogP contribution in [-0.4, -0.2) is 24.3 Å². The van der Waals surface area contributed by atoms with Gasteiger partial charge in [-0.2, -0.15) is 11.8 Å². The van der Waals surface area contributed by atoms with Crippen molar-refractivity contribution in [3.8, 4) is 5.75 Å². The summed E-state index contributed by atoms with van der Waals surface area (Å²) in [6, 6.07) is 14.0. The lowest BCUT2D eigenvalue weighted by Gasteiger charge is -2.22. The van der Waals surface area contributed by atoms with Gasteiger partial charge < -0.3 is 10.1 Å². The fourth-order valence-electron chi connectivity index (χ4n) is 3.29. The monoisotopic (exact) mass is 403 g/mol. The first-order chi connectivity index (χ1) is 13.1. The number of aryl methyl sites for hydroxylation is 1. The fraction of sp³-hybridized carbons (Fsp3) is 0.409. The lowest BCUT2D eigenvalue weighted by atomic mass is 9.91. The molecule has 5 heteroatoms. The van der Waals surface area contributed by atoms with Crippen LogP contribution in [0.2, 0.25) is 5.02 Å². The molecule has 2 aromatic rings. The Balaban J connectivity index is 1.41. The van der Waals surface area contributed by atoms with Gasteiger partial charge in [0, 0.05) is 23.1 Å². The molecule has 1 aliphatic carbocycles. The van der Waals surface area contributed by atoms with Crippen molar-refractivity contribution in [3.05, 3.63) is 64.2 Å². The number of carbonyl (C=O) groups excluding carboxylic acids is 1. The summed E-state index contributed by atoms with van der Waals surface area (Å²) in [4.78, 5) is 12.3. The summed E-state index contributed by atoms with van der Waals surface area (Å²) in [5.74, 6) is 2.48. The second-order valence-electron chi connectivity index (χ2n) is 6.80. The molecule has 1 aliphatic rings. The SMILES string of the molecule is C[C@H](Oc1cccc2c1CCCC2)C(=O)NCCSCc1ccccc1Cl. The third-order valence-corrected chi connectivity index (χ3v) is 6.16. The molecule has 1 atom stereocenters. The van der Waals surface area contributed by atoms with E-state index in [-0.39, 0.29) is 5.91 Å². The maximum absolute atomic E-state index is 12.3. The van der Waals surface area contributed by atoms with Gasteiger partial charge in [-0.05, 0) is 61.4 Å². The van der Waals surface area contributed by atoms with E-state index in [0.717, 1.165) is 40.7 Å². The number of nitrogens with one attached hydrogen (secondary N) is 1. The van der Waals surface area contributed by atoms with Crippen LogP contribution in [0, 0.1) is 0 Å². The summed E-state index contributed by atoms with van der Waals surface area (Å²) in [5, 5.41) is 3.76.